The van der Waals surface area contributed by atoms with Crippen LogP contribution in [0.4, 0.5) is 5.69 Å². The smallest absolute Gasteiger partial charge is 0.264 e. The van der Waals surface area contributed by atoms with Crippen molar-refractivity contribution in [1.29, 1.82) is 0 Å². The zero-order chi connectivity index (χ0) is 22.6. The van der Waals surface area contributed by atoms with Crippen LogP contribution in [0, 0.1) is 0 Å². The number of rotatable bonds is 5. The van der Waals surface area contributed by atoms with Gasteiger partial charge in [0.15, 0.2) is 5.17 Å². The molecule has 1 N–H and O–H groups in total. The highest BCUT2D eigenvalue weighted by molar-refractivity contribution is 8.18. The van der Waals surface area contributed by atoms with Crippen LogP contribution in [0.1, 0.15) is 11.1 Å². The Morgan fingerprint density at radius 2 is 1.73 bits per heavy atom. The summed E-state index contributed by atoms with van der Waals surface area (Å²) in [5, 5.41) is 6.24. The van der Waals surface area contributed by atoms with Gasteiger partial charge in [-0.1, -0.05) is 78.3 Å². The van der Waals surface area contributed by atoms with E-state index in [0.717, 1.165) is 27.6 Å². The summed E-state index contributed by atoms with van der Waals surface area (Å²) < 4.78 is 6.02. The Bertz CT molecular complexity index is 1410. The van der Waals surface area contributed by atoms with Crippen molar-refractivity contribution in [3.63, 3.8) is 0 Å². The van der Waals surface area contributed by atoms with E-state index in [1.807, 2.05) is 97.1 Å². The van der Waals surface area contributed by atoms with Gasteiger partial charge < -0.3 is 10.1 Å². The maximum Gasteiger partial charge on any atom is 0.264 e. The lowest BCUT2D eigenvalue weighted by Crippen LogP contribution is -2.19. The SMILES string of the molecule is O=C1NC(=Nc2cccc3ccccc23)S/C1=C\c1ccccc1OCc1cccc(Cl)c1. The van der Waals surface area contributed by atoms with Gasteiger partial charge in [0.25, 0.3) is 5.91 Å². The molecule has 0 aromatic heterocycles. The zero-order valence-corrected chi connectivity index (χ0v) is 19.1. The van der Waals surface area contributed by atoms with E-state index in [0.29, 0.717) is 27.5 Å². The lowest BCUT2D eigenvalue weighted by atomic mass is 10.1. The van der Waals surface area contributed by atoms with Gasteiger partial charge in [-0.3, -0.25) is 4.79 Å². The molecule has 4 nitrogen and oxygen atoms in total. The largest absolute Gasteiger partial charge is 0.488 e. The molecule has 0 unspecified atom stereocenters. The summed E-state index contributed by atoms with van der Waals surface area (Å²) in [5.41, 5.74) is 2.62. The van der Waals surface area contributed by atoms with Gasteiger partial charge in [-0.15, -0.1) is 0 Å². The van der Waals surface area contributed by atoms with Crippen molar-refractivity contribution in [2.24, 2.45) is 4.99 Å². The van der Waals surface area contributed by atoms with Gasteiger partial charge in [0.2, 0.25) is 0 Å². The minimum Gasteiger partial charge on any atom is -0.488 e. The molecule has 4 aromatic carbocycles. The second-order valence-corrected chi connectivity index (χ2v) is 8.90. The standard InChI is InChI=1S/C27H19ClN2O2S/c28-21-11-5-7-18(15-21)17-32-24-14-4-2-9-20(24)16-25-26(31)30-27(33-25)29-23-13-6-10-19-8-1-3-12-22(19)23/h1-16H,17H2,(H,29,30,31)/b25-16-. The molecule has 4 aromatic rings. The van der Waals surface area contributed by atoms with Crippen molar-refractivity contribution in [2.45, 2.75) is 6.61 Å². The highest BCUT2D eigenvalue weighted by atomic mass is 35.5. The molecular formula is C27H19ClN2O2S. The molecule has 1 fully saturated rings. The number of amides is 1. The first-order chi connectivity index (χ1) is 16.2. The first-order valence-corrected chi connectivity index (χ1v) is 11.6. The molecule has 6 heteroatoms. The maximum atomic E-state index is 12.6. The lowest BCUT2D eigenvalue weighted by Gasteiger charge is -2.10. The average Bonchev–Trinajstić information content (AvgIpc) is 3.17. The number of carbonyl (C=O) groups excluding carboxylic acids is 1. The Balaban J connectivity index is 1.38. The van der Waals surface area contributed by atoms with Crippen molar-refractivity contribution in [1.82, 2.24) is 5.32 Å². The van der Waals surface area contributed by atoms with Crippen LogP contribution in [0.25, 0.3) is 16.8 Å². The first-order valence-electron chi connectivity index (χ1n) is 10.4. The molecule has 1 amide bonds. The molecule has 0 atom stereocenters. The third-order valence-corrected chi connectivity index (χ3v) is 6.27. The fraction of sp³-hybridized carbons (Fsp3) is 0.0370. The van der Waals surface area contributed by atoms with Crippen molar-refractivity contribution < 1.29 is 9.53 Å². The molecule has 0 saturated carbocycles. The molecule has 0 bridgehead atoms. The number of benzene rings is 4. The third-order valence-electron chi connectivity index (χ3n) is 5.13. The maximum absolute atomic E-state index is 12.6. The van der Waals surface area contributed by atoms with Crippen molar-refractivity contribution in [3.05, 3.63) is 112 Å². The summed E-state index contributed by atoms with van der Waals surface area (Å²) in [5.74, 6) is 0.515. The summed E-state index contributed by atoms with van der Waals surface area (Å²) >= 11 is 7.39. The van der Waals surface area contributed by atoms with Crippen LogP contribution in [0.5, 0.6) is 5.75 Å². The normalized spacial score (nSPS) is 15.8. The molecule has 1 heterocycles. The van der Waals surface area contributed by atoms with Crippen LogP contribution in [-0.4, -0.2) is 11.1 Å². The van der Waals surface area contributed by atoms with Gasteiger partial charge in [0.05, 0.1) is 10.6 Å². The van der Waals surface area contributed by atoms with Crippen LogP contribution < -0.4 is 10.1 Å². The summed E-state index contributed by atoms with van der Waals surface area (Å²) in [7, 11) is 0. The van der Waals surface area contributed by atoms with E-state index in [1.54, 1.807) is 0 Å². The number of nitrogens with one attached hydrogen (secondary N) is 1. The molecule has 0 aliphatic carbocycles. The van der Waals surface area contributed by atoms with Crippen LogP contribution in [0.2, 0.25) is 5.02 Å². The number of hydrogen-bond acceptors (Lipinski definition) is 4. The fourth-order valence-corrected chi connectivity index (χ4v) is 4.59. The number of aliphatic imine (C=N–C) groups is 1. The van der Waals surface area contributed by atoms with E-state index >= 15 is 0 Å². The number of amidine groups is 1. The highest BCUT2D eigenvalue weighted by Gasteiger charge is 2.24. The molecule has 1 aliphatic heterocycles. The summed E-state index contributed by atoms with van der Waals surface area (Å²) in [6.07, 6.45) is 1.83. The predicted octanol–water partition coefficient (Wildman–Crippen LogP) is 6.96. The molecule has 5 rings (SSSR count). The van der Waals surface area contributed by atoms with Gasteiger partial charge in [-0.05, 0) is 53.1 Å². The number of hydrogen-bond donors (Lipinski definition) is 1. The second kappa shape index (κ2) is 9.53. The Morgan fingerprint density at radius 3 is 2.64 bits per heavy atom. The Morgan fingerprint density at radius 1 is 0.939 bits per heavy atom. The molecule has 1 aliphatic rings. The topological polar surface area (TPSA) is 50.7 Å². The molecule has 0 spiro atoms. The van der Waals surface area contributed by atoms with Crippen LogP contribution in [0.15, 0.2) is 101 Å². The number of carbonyl (C=O) groups is 1. The number of thioether (sulfide) groups is 1. The van der Waals surface area contributed by atoms with E-state index in [9.17, 15) is 4.79 Å². The Hall–Kier alpha value is -3.54. The minimum absolute atomic E-state index is 0.177. The Kier molecular flexibility index (Phi) is 6.15. The summed E-state index contributed by atoms with van der Waals surface area (Å²) in [6.45, 7) is 0.383. The monoisotopic (exact) mass is 470 g/mol. The van der Waals surface area contributed by atoms with E-state index in [2.05, 4.69) is 5.32 Å². The number of halogens is 1. The van der Waals surface area contributed by atoms with Crippen LogP contribution in [-0.2, 0) is 11.4 Å². The minimum atomic E-state index is -0.177. The van der Waals surface area contributed by atoms with E-state index in [4.69, 9.17) is 21.3 Å². The Labute approximate surface area is 201 Å². The summed E-state index contributed by atoms with van der Waals surface area (Å²) in [4.78, 5) is 17.9. The lowest BCUT2D eigenvalue weighted by molar-refractivity contribution is -0.115. The highest BCUT2D eigenvalue weighted by Crippen LogP contribution is 2.33. The van der Waals surface area contributed by atoms with Gasteiger partial charge in [0.1, 0.15) is 12.4 Å². The third kappa shape index (κ3) is 4.95. The summed E-state index contributed by atoms with van der Waals surface area (Å²) in [6, 6.07) is 29.2. The number of nitrogens with zero attached hydrogens (tertiary/aromatic N) is 1. The van der Waals surface area contributed by atoms with Crippen molar-refractivity contribution >= 4 is 57.0 Å². The van der Waals surface area contributed by atoms with Crippen LogP contribution >= 0.6 is 23.4 Å². The molecular weight excluding hydrogens is 452 g/mol. The van der Waals surface area contributed by atoms with Crippen molar-refractivity contribution in [3.8, 4) is 5.75 Å². The van der Waals surface area contributed by atoms with E-state index in [-0.39, 0.29) is 5.91 Å². The molecule has 0 radical (unpaired) electrons. The van der Waals surface area contributed by atoms with E-state index in [1.165, 1.54) is 11.8 Å². The average molecular weight is 471 g/mol. The van der Waals surface area contributed by atoms with Crippen molar-refractivity contribution in [2.75, 3.05) is 0 Å². The number of ether oxygens (including phenoxy) is 1. The number of fused-ring (bicyclic) bond motifs is 1. The van der Waals surface area contributed by atoms with Gasteiger partial charge in [0, 0.05) is 16.0 Å². The fourth-order valence-electron chi connectivity index (χ4n) is 3.56. The van der Waals surface area contributed by atoms with Gasteiger partial charge >= 0.3 is 0 Å². The van der Waals surface area contributed by atoms with Crippen LogP contribution in [0.3, 0.4) is 0 Å². The molecule has 162 valence electrons. The first kappa shape index (κ1) is 21.3. The quantitative estimate of drug-likeness (QED) is 0.320. The predicted molar refractivity (Wildman–Crippen MR) is 137 cm³/mol. The molecule has 33 heavy (non-hydrogen) atoms. The van der Waals surface area contributed by atoms with Gasteiger partial charge in [-0.25, -0.2) is 4.99 Å². The van der Waals surface area contributed by atoms with E-state index < -0.39 is 0 Å². The number of para-hydroxylation sites is 1. The second-order valence-electron chi connectivity index (χ2n) is 7.44. The van der Waals surface area contributed by atoms with Gasteiger partial charge in [-0.2, -0.15) is 0 Å². The molecule has 1 saturated heterocycles. The zero-order valence-electron chi connectivity index (χ0n) is 17.5.